The van der Waals surface area contributed by atoms with Crippen LogP contribution >= 0.6 is 0 Å². The lowest BCUT2D eigenvalue weighted by Crippen LogP contribution is -2.14. The Morgan fingerprint density at radius 3 is 2.20 bits per heavy atom. The van der Waals surface area contributed by atoms with Gasteiger partial charge in [-0.15, -0.1) is 0 Å². The molecule has 0 atom stereocenters. The number of ether oxygens (including phenoxy) is 3. The van der Waals surface area contributed by atoms with Crippen LogP contribution in [-0.4, -0.2) is 19.2 Å². The standard InChI is InChI=1S/C15H12O5/c1-18-14(16)11-6-5-9-13(10-11)20-15(17)19-12-7-3-2-4-8-12/h2-10H,1H3. The molecule has 0 aliphatic heterocycles. The molecule has 0 bridgehead atoms. The highest BCUT2D eigenvalue weighted by molar-refractivity contribution is 5.89. The molecule has 5 nitrogen and oxygen atoms in total. The molecule has 0 aliphatic carbocycles. The van der Waals surface area contributed by atoms with Gasteiger partial charge in [-0.05, 0) is 30.3 Å². The van der Waals surface area contributed by atoms with Crippen LogP contribution in [-0.2, 0) is 4.74 Å². The van der Waals surface area contributed by atoms with Gasteiger partial charge in [0.25, 0.3) is 0 Å². The topological polar surface area (TPSA) is 61.8 Å². The van der Waals surface area contributed by atoms with Crippen molar-refractivity contribution >= 4 is 12.1 Å². The van der Waals surface area contributed by atoms with Crippen molar-refractivity contribution in [3.05, 3.63) is 60.2 Å². The summed E-state index contributed by atoms with van der Waals surface area (Å²) >= 11 is 0. The van der Waals surface area contributed by atoms with Crippen molar-refractivity contribution in [2.75, 3.05) is 7.11 Å². The average Bonchev–Trinajstić information content (AvgIpc) is 2.47. The Morgan fingerprint density at radius 2 is 1.50 bits per heavy atom. The van der Waals surface area contributed by atoms with Gasteiger partial charge in [0.1, 0.15) is 11.5 Å². The monoisotopic (exact) mass is 272 g/mol. The SMILES string of the molecule is COC(=O)c1cccc(OC(=O)Oc2ccccc2)c1. The highest BCUT2D eigenvalue weighted by Gasteiger charge is 2.10. The predicted molar refractivity (Wildman–Crippen MR) is 70.9 cm³/mol. The van der Waals surface area contributed by atoms with E-state index in [0.29, 0.717) is 5.75 Å². The second kappa shape index (κ2) is 6.38. The first kappa shape index (κ1) is 13.6. The molecule has 102 valence electrons. The minimum absolute atomic E-state index is 0.203. The number of hydrogen-bond donors (Lipinski definition) is 0. The van der Waals surface area contributed by atoms with Crippen molar-refractivity contribution in [3.63, 3.8) is 0 Å². The number of carbonyl (C=O) groups excluding carboxylic acids is 2. The lowest BCUT2D eigenvalue weighted by molar-refractivity contribution is 0.0600. The first-order valence-electron chi connectivity index (χ1n) is 5.82. The third kappa shape index (κ3) is 3.58. The molecule has 2 aromatic carbocycles. The number of benzene rings is 2. The van der Waals surface area contributed by atoms with Crippen LogP contribution in [0.4, 0.5) is 4.79 Å². The average molecular weight is 272 g/mol. The predicted octanol–water partition coefficient (Wildman–Crippen LogP) is 3.05. The Kier molecular flexibility index (Phi) is 4.34. The van der Waals surface area contributed by atoms with Crippen molar-refractivity contribution in [2.24, 2.45) is 0 Å². The van der Waals surface area contributed by atoms with E-state index in [1.165, 1.54) is 13.2 Å². The number of rotatable bonds is 3. The van der Waals surface area contributed by atoms with E-state index in [2.05, 4.69) is 4.74 Å². The smallest absolute Gasteiger partial charge is 0.465 e. The summed E-state index contributed by atoms with van der Waals surface area (Å²) in [5.74, 6) is 0.0716. The van der Waals surface area contributed by atoms with E-state index in [1.807, 2.05) is 0 Å². The fourth-order valence-electron chi connectivity index (χ4n) is 1.51. The number of carbonyl (C=O) groups is 2. The maximum Gasteiger partial charge on any atom is 0.519 e. The van der Waals surface area contributed by atoms with Crippen molar-refractivity contribution in [1.29, 1.82) is 0 Å². The molecule has 2 rings (SSSR count). The second-order valence-corrected chi connectivity index (χ2v) is 3.79. The van der Waals surface area contributed by atoms with Gasteiger partial charge < -0.3 is 14.2 Å². The molecule has 0 unspecified atom stereocenters. The first-order chi connectivity index (χ1) is 9.69. The molecule has 0 radical (unpaired) electrons. The Balaban J connectivity index is 2.03. The molecule has 0 amide bonds. The van der Waals surface area contributed by atoms with Crippen molar-refractivity contribution in [2.45, 2.75) is 0 Å². The van der Waals surface area contributed by atoms with Crippen LogP contribution in [0.3, 0.4) is 0 Å². The Morgan fingerprint density at radius 1 is 0.850 bits per heavy atom. The fourth-order valence-corrected chi connectivity index (χ4v) is 1.51. The Bertz CT molecular complexity index is 607. The number of methoxy groups -OCH3 is 1. The van der Waals surface area contributed by atoms with E-state index < -0.39 is 12.1 Å². The minimum atomic E-state index is -0.877. The maximum absolute atomic E-state index is 11.6. The largest absolute Gasteiger partial charge is 0.519 e. The summed E-state index contributed by atoms with van der Waals surface area (Å²) in [4.78, 5) is 22.9. The van der Waals surface area contributed by atoms with Crippen LogP contribution in [0, 0.1) is 0 Å². The maximum atomic E-state index is 11.6. The lowest BCUT2D eigenvalue weighted by atomic mass is 10.2. The van der Waals surface area contributed by atoms with Gasteiger partial charge in [-0.3, -0.25) is 0 Å². The first-order valence-corrected chi connectivity index (χ1v) is 5.82. The molecule has 20 heavy (non-hydrogen) atoms. The highest BCUT2D eigenvalue weighted by atomic mass is 16.7. The fraction of sp³-hybridized carbons (Fsp3) is 0.0667. The molecular formula is C15H12O5. The number of hydrogen-bond acceptors (Lipinski definition) is 5. The molecule has 0 spiro atoms. The number of para-hydroxylation sites is 1. The molecule has 2 aromatic rings. The minimum Gasteiger partial charge on any atom is -0.465 e. The van der Waals surface area contributed by atoms with Crippen LogP contribution in [0.1, 0.15) is 10.4 Å². The summed E-state index contributed by atoms with van der Waals surface area (Å²) in [6.07, 6.45) is -0.877. The van der Waals surface area contributed by atoms with Gasteiger partial charge in [-0.25, -0.2) is 9.59 Å². The van der Waals surface area contributed by atoms with Gasteiger partial charge >= 0.3 is 12.1 Å². The van der Waals surface area contributed by atoms with Crippen molar-refractivity contribution < 1.29 is 23.8 Å². The summed E-state index contributed by atoms with van der Waals surface area (Å²) in [6, 6.07) is 14.6. The zero-order valence-corrected chi connectivity index (χ0v) is 10.7. The third-order valence-corrected chi connectivity index (χ3v) is 2.40. The van der Waals surface area contributed by atoms with Crippen LogP contribution in [0.25, 0.3) is 0 Å². The molecule has 0 N–H and O–H groups in total. The highest BCUT2D eigenvalue weighted by Crippen LogP contribution is 2.16. The summed E-state index contributed by atoms with van der Waals surface area (Å²) in [7, 11) is 1.28. The van der Waals surface area contributed by atoms with Crippen LogP contribution < -0.4 is 9.47 Å². The quantitative estimate of drug-likeness (QED) is 0.634. The molecule has 0 saturated heterocycles. The lowest BCUT2D eigenvalue weighted by Gasteiger charge is -2.06. The summed E-state index contributed by atoms with van der Waals surface area (Å²) in [5, 5.41) is 0. The van der Waals surface area contributed by atoms with Crippen LogP contribution in [0.5, 0.6) is 11.5 Å². The molecule has 0 heterocycles. The van der Waals surface area contributed by atoms with E-state index in [4.69, 9.17) is 9.47 Å². The van der Waals surface area contributed by atoms with E-state index in [-0.39, 0.29) is 11.3 Å². The van der Waals surface area contributed by atoms with Crippen LogP contribution in [0.2, 0.25) is 0 Å². The van der Waals surface area contributed by atoms with Crippen LogP contribution in [0.15, 0.2) is 54.6 Å². The van der Waals surface area contributed by atoms with E-state index in [0.717, 1.165) is 0 Å². The Labute approximate surface area is 115 Å². The summed E-state index contributed by atoms with van der Waals surface area (Å²) in [6.45, 7) is 0. The van der Waals surface area contributed by atoms with Gasteiger partial charge in [-0.2, -0.15) is 0 Å². The normalized spacial score (nSPS) is 9.65. The second-order valence-electron chi connectivity index (χ2n) is 3.79. The van der Waals surface area contributed by atoms with Gasteiger partial charge in [-0.1, -0.05) is 24.3 Å². The zero-order chi connectivity index (χ0) is 14.4. The molecular weight excluding hydrogens is 260 g/mol. The molecule has 0 aromatic heterocycles. The zero-order valence-electron chi connectivity index (χ0n) is 10.7. The molecule has 5 heteroatoms. The molecule has 0 saturated carbocycles. The van der Waals surface area contributed by atoms with Gasteiger partial charge in [0.05, 0.1) is 12.7 Å². The van der Waals surface area contributed by atoms with Crippen molar-refractivity contribution in [3.8, 4) is 11.5 Å². The molecule has 0 aliphatic rings. The Hall–Kier alpha value is -2.82. The van der Waals surface area contributed by atoms with E-state index in [1.54, 1.807) is 48.5 Å². The number of esters is 1. The molecule has 0 fully saturated rings. The van der Waals surface area contributed by atoms with E-state index in [9.17, 15) is 9.59 Å². The summed E-state index contributed by atoms with van der Waals surface area (Å²) < 4.78 is 14.5. The third-order valence-electron chi connectivity index (χ3n) is 2.40. The van der Waals surface area contributed by atoms with Gasteiger partial charge in [0, 0.05) is 0 Å². The summed E-state index contributed by atoms with van der Waals surface area (Å²) in [5.41, 5.74) is 0.289. The van der Waals surface area contributed by atoms with E-state index >= 15 is 0 Å². The van der Waals surface area contributed by atoms with Gasteiger partial charge in [0.2, 0.25) is 0 Å². The van der Waals surface area contributed by atoms with Crippen molar-refractivity contribution in [1.82, 2.24) is 0 Å². The van der Waals surface area contributed by atoms with Gasteiger partial charge in [0.15, 0.2) is 0 Å².